The van der Waals surface area contributed by atoms with E-state index in [-0.39, 0.29) is 18.5 Å². The van der Waals surface area contributed by atoms with E-state index in [9.17, 15) is 4.79 Å². The fourth-order valence-electron chi connectivity index (χ4n) is 2.57. The molecule has 128 valence electrons. The van der Waals surface area contributed by atoms with Crippen LogP contribution >= 0.6 is 12.4 Å². The van der Waals surface area contributed by atoms with Crippen LogP contribution in [0.5, 0.6) is 0 Å². The molecule has 0 bridgehead atoms. The van der Waals surface area contributed by atoms with Crippen LogP contribution in [0.4, 0.5) is 4.79 Å². The van der Waals surface area contributed by atoms with Gasteiger partial charge in [0.05, 0.1) is 6.54 Å². The van der Waals surface area contributed by atoms with Crippen molar-refractivity contribution < 1.29 is 9.53 Å². The fourth-order valence-corrected chi connectivity index (χ4v) is 2.57. The normalized spacial score (nSPS) is 15.8. The van der Waals surface area contributed by atoms with Gasteiger partial charge in [-0.1, -0.05) is 18.8 Å². The predicted molar refractivity (Wildman–Crippen MR) is 93.3 cm³/mol. The minimum Gasteiger partial charge on any atom is -0.444 e. The summed E-state index contributed by atoms with van der Waals surface area (Å²) in [5.74, 6) is 3.33. The molecule has 1 N–H and O–H groups in total. The molecule has 1 amide bonds. The molecule has 1 heterocycles. The summed E-state index contributed by atoms with van der Waals surface area (Å²) in [4.78, 5) is 13.8. The van der Waals surface area contributed by atoms with Crippen LogP contribution in [0.15, 0.2) is 0 Å². The Labute approximate surface area is 141 Å². The van der Waals surface area contributed by atoms with Gasteiger partial charge in [-0.25, -0.2) is 4.79 Å². The second-order valence-corrected chi connectivity index (χ2v) is 6.79. The average Bonchev–Trinajstić information content (AvgIpc) is 2.41. The summed E-state index contributed by atoms with van der Waals surface area (Å²) in [6.07, 6.45) is 10.9. The molecule has 1 saturated heterocycles. The van der Waals surface area contributed by atoms with Gasteiger partial charge in [-0.15, -0.1) is 18.8 Å². The number of rotatable bonds is 6. The van der Waals surface area contributed by atoms with Crippen LogP contribution in [0.25, 0.3) is 0 Å². The Morgan fingerprint density at radius 1 is 1.32 bits per heavy atom. The topological polar surface area (TPSA) is 41.6 Å². The molecule has 0 radical (unpaired) electrons. The molecule has 22 heavy (non-hydrogen) atoms. The van der Waals surface area contributed by atoms with E-state index in [0.717, 1.165) is 38.4 Å². The van der Waals surface area contributed by atoms with Gasteiger partial charge in [0, 0.05) is 13.1 Å². The Hall–Kier alpha value is -0.920. The zero-order valence-electron chi connectivity index (χ0n) is 14.2. The Balaban J connectivity index is 0.00000441. The van der Waals surface area contributed by atoms with Crippen LogP contribution in [-0.2, 0) is 4.74 Å². The van der Waals surface area contributed by atoms with Crippen molar-refractivity contribution in [3.63, 3.8) is 0 Å². The molecular formula is C17H31ClN2O2. The number of likely N-dealkylation sites (tertiary alicyclic amines) is 1. The van der Waals surface area contributed by atoms with E-state index in [1.54, 1.807) is 0 Å². The van der Waals surface area contributed by atoms with Crippen LogP contribution in [0.3, 0.4) is 0 Å². The van der Waals surface area contributed by atoms with Gasteiger partial charge in [-0.2, -0.15) is 0 Å². The number of amides is 1. The van der Waals surface area contributed by atoms with Crippen molar-refractivity contribution in [1.82, 2.24) is 10.2 Å². The number of terminal acetylenes is 1. The van der Waals surface area contributed by atoms with E-state index in [1.807, 2.05) is 25.7 Å². The highest BCUT2D eigenvalue weighted by Crippen LogP contribution is 2.23. The van der Waals surface area contributed by atoms with Crippen LogP contribution in [0.2, 0.25) is 0 Å². The van der Waals surface area contributed by atoms with Gasteiger partial charge < -0.3 is 15.0 Å². The number of unbranched alkanes of at least 4 members (excludes halogenated alkanes) is 1. The molecule has 0 saturated carbocycles. The Morgan fingerprint density at radius 3 is 2.50 bits per heavy atom. The third-order valence-electron chi connectivity index (χ3n) is 3.71. The summed E-state index contributed by atoms with van der Waals surface area (Å²) in [6.45, 7) is 9.04. The Morgan fingerprint density at radius 2 is 1.95 bits per heavy atom. The quantitative estimate of drug-likeness (QED) is 0.599. The monoisotopic (exact) mass is 330 g/mol. The molecule has 0 aromatic heterocycles. The van der Waals surface area contributed by atoms with Gasteiger partial charge in [0.15, 0.2) is 0 Å². The molecule has 1 fully saturated rings. The summed E-state index contributed by atoms with van der Waals surface area (Å²) >= 11 is 0. The molecular weight excluding hydrogens is 300 g/mol. The highest BCUT2D eigenvalue weighted by molar-refractivity contribution is 5.85. The minimum atomic E-state index is -0.403. The molecule has 1 aliphatic rings. The molecule has 0 aromatic rings. The van der Waals surface area contributed by atoms with Crippen LogP contribution in [-0.4, -0.2) is 42.8 Å². The highest BCUT2D eigenvalue weighted by atomic mass is 35.5. The van der Waals surface area contributed by atoms with E-state index in [2.05, 4.69) is 11.2 Å². The largest absolute Gasteiger partial charge is 0.444 e. The van der Waals surface area contributed by atoms with Gasteiger partial charge in [0.25, 0.3) is 0 Å². The van der Waals surface area contributed by atoms with Crippen LogP contribution < -0.4 is 5.32 Å². The van der Waals surface area contributed by atoms with Crippen LogP contribution in [0.1, 0.15) is 52.9 Å². The van der Waals surface area contributed by atoms with Gasteiger partial charge >= 0.3 is 6.09 Å². The third-order valence-corrected chi connectivity index (χ3v) is 3.71. The average molecular weight is 331 g/mol. The molecule has 1 rings (SSSR count). The minimum absolute atomic E-state index is 0. The lowest BCUT2D eigenvalue weighted by Crippen LogP contribution is -2.41. The van der Waals surface area contributed by atoms with Crippen molar-refractivity contribution in [2.75, 3.05) is 26.2 Å². The first-order valence-electron chi connectivity index (χ1n) is 8.04. The number of hydrogen-bond donors (Lipinski definition) is 1. The molecule has 0 aromatic carbocycles. The lowest BCUT2D eigenvalue weighted by Gasteiger charge is -2.33. The van der Waals surface area contributed by atoms with Crippen molar-refractivity contribution in [2.24, 2.45) is 5.92 Å². The Bertz CT molecular complexity index is 353. The third kappa shape index (κ3) is 9.17. The summed E-state index contributed by atoms with van der Waals surface area (Å²) in [6, 6.07) is 0. The maximum absolute atomic E-state index is 12.0. The van der Waals surface area contributed by atoms with Gasteiger partial charge in [-0.3, -0.25) is 0 Å². The number of nitrogens with one attached hydrogen (secondary N) is 1. The predicted octanol–water partition coefficient (Wildman–Crippen LogP) is 3.45. The first-order chi connectivity index (χ1) is 9.92. The fraction of sp³-hybridized carbons (Fsp3) is 0.824. The number of halogens is 1. The SMILES string of the molecule is C#CCNCCCCC1CCN(C(=O)OC(C)(C)C)CC1.Cl. The molecule has 0 atom stereocenters. The molecule has 0 unspecified atom stereocenters. The second-order valence-electron chi connectivity index (χ2n) is 6.79. The van der Waals surface area contributed by atoms with Crippen LogP contribution in [0, 0.1) is 18.3 Å². The molecule has 4 nitrogen and oxygen atoms in total. The number of nitrogens with zero attached hydrogens (tertiary/aromatic N) is 1. The standard InChI is InChI=1S/C17H30N2O2.ClH/c1-5-11-18-12-7-6-8-15-9-13-19(14-10-15)16(20)21-17(2,3)4;/h1,15,18H,6-14H2,2-4H3;1H. The molecule has 0 spiro atoms. The second kappa shape index (κ2) is 10.7. The lowest BCUT2D eigenvalue weighted by molar-refractivity contribution is 0.0180. The van der Waals surface area contributed by atoms with Gasteiger partial charge in [0.1, 0.15) is 5.60 Å². The number of carbonyl (C=O) groups excluding carboxylic acids is 1. The number of piperidine rings is 1. The zero-order valence-corrected chi connectivity index (χ0v) is 15.0. The van der Waals surface area contributed by atoms with E-state index in [1.165, 1.54) is 19.3 Å². The van der Waals surface area contributed by atoms with Crippen molar-refractivity contribution in [3.8, 4) is 12.3 Å². The van der Waals surface area contributed by atoms with E-state index < -0.39 is 5.60 Å². The molecule has 0 aliphatic carbocycles. The van der Waals surface area contributed by atoms with E-state index in [0.29, 0.717) is 6.54 Å². The van der Waals surface area contributed by atoms with Crippen molar-refractivity contribution >= 4 is 18.5 Å². The highest BCUT2D eigenvalue weighted by Gasteiger charge is 2.26. The number of hydrogen-bond acceptors (Lipinski definition) is 3. The molecule has 5 heteroatoms. The Kier molecular flexibility index (Phi) is 10.3. The van der Waals surface area contributed by atoms with Crippen molar-refractivity contribution in [3.05, 3.63) is 0 Å². The smallest absolute Gasteiger partial charge is 0.410 e. The number of carbonyl (C=O) groups is 1. The van der Waals surface area contributed by atoms with Gasteiger partial charge in [0.2, 0.25) is 0 Å². The summed E-state index contributed by atoms with van der Waals surface area (Å²) in [5.41, 5.74) is -0.403. The van der Waals surface area contributed by atoms with Crippen molar-refractivity contribution in [1.29, 1.82) is 0 Å². The molecule has 1 aliphatic heterocycles. The first kappa shape index (κ1) is 21.1. The number of ether oxygens (including phenoxy) is 1. The zero-order chi connectivity index (χ0) is 15.7. The lowest BCUT2D eigenvalue weighted by atomic mass is 9.92. The first-order valence-corrected chi connectivity index (χ1v) is 8.04. The van der Waals surface area contributed by atoms with E-state index >= 15 is 0 Å². The summed E-state index contributed by atoms with van der Waals surface area (Å²) < 4.78 is 5.41. The van der Waals surface area contributed by atoms with Crippen molar-refractivity contribution in [2.45, 2.75) is 58.5 Å². The maximum Gasteiger partial charge on any atom is 0.410 e. The summed E-state index contributed by atoms with van der Waals surface area (Å²) in [7, 11) is 0. The maximum atomic E-state index is 12.0. The summed E-state index contributed by atoms with van der Waals surface area (Å²) in [5, 5.41) is 3.21. The van der Waals surface area contributed by atoms with E-state index in [4.69, 9.17) is 11.2 Å². The van der Waals surface area contributed by atoms with Gasteiger partial charge in [-0.05, 0) is 52.5 Å².